The number of hydrogen-bond donors (Lipinski definition) is 1. The van der Waals surface area contributed by atoms with E-state index in [1.54, 1.807) is 0 Å². The number of aryl methyl sites for hydroxylation is 3. The lowest BCUT2D eigenvalue weighted by molar-refractivity contribution is 0.436. The maximum Gasteiger partial charge on any atom is 0.177 e. The van der Waals surface area contributed by atoms with Gasteiger partial charge in [0.2, 0.25) is 0 Å². The lowest BCUT2D eigenvalue weighted by Crippen LogP contribution is -1.90. The van der Waals surface area contributed by atoms with Crippen LogP contribution in [0.3, 0.4) is 0 Å². The molecule has 3 aromatic rings. The number of hydrogen-bond acceptors (Lipinski definition) is 3. The fraction of sp³-hybridized carbons (Fsp3) is 0.167. The summed E-state index contributed by atoms with van der Waals surface area (Å²) in [5, 5.41) is 3.96. The summed E-state index contributed by atoms with van der Waals surface area (Å²) in [6.45, 7) is 6.21. The second kappa shape index (κ2) is 5.09. The summed E-state index contributed by atoms with van der Waals surface area (Å²) >= 11 is 0. The van der Waals surface area contributed by atoms with Gasteiger partial charge in [0.05, 0.1) is 5.56 Å². The third kappa shape index (κ3) is 2.42. The molecule has 0 radical (unpaired) electrons. The van der Waals surface area contributed by atoms with Gasteiger partial charge in [-0.1, -0.05) is 58.7 Å². The molecule has 3 nitrogen and oxygen atoms in total. The molecule has 0 aliphatic rings. The van der Waals surface area contributed by atoms with Crippen LogP contribution < -0.4 is 5.73 Å². The Morgan fingerprint density at radius 2 is 1.57 bits per heavy atom. The van der Waals surface area contributed by atoms with E-state index in [1.165, 1.54) is 11.1 Å². The second-order valence-electron chi connectivity index (χ2n) is 5.46. The zero-order valence-electron chi connectivity index (χ0n) is 12.5. The highest BCUT2D eigenvalue weighted by Gasteiger charge is 2.18. The minimum atomic E-state index is 0.425. The Hall–Kier alpha value is -2.55. The highest BCUT2D eigenvalue weighted by Crippen LogP contribution is 2.38. The average molecular weight is 278 g/mol. The topological polar surface area (TPSA) is 52.0 Å². The third-order valence-corrected chi connectivity index (χ3v) is 3.69. The van der Waals surface area contributed by atoms with Crippen molar-refractivity contribution in [3.05, 3.63) is 59.2 Å². The normalized spacial score (nSPS) is 10.8. The molecule has 0 aliphatic heterocycles. The Bertz CT molecular complexity index is 785. The summed E-state index contributed by atoms with van der Waals surface area (Å²) in [4.78, 5) is 0. The summed E-state index contributed by atoms with van der Waals surface area (Å²) in [5.41, 5.74) is 12.5. The maximum atomic E-state index is 6.02. The van der Waals surface area contributed by atoms with Crippen LogP contribution in [0.1, 0.15) is 16.7 Å². The molecule has 21 heavy (non-hydrogen) atoms. The molecule has 0 unspecified atom stereocenters. The van der Waals surface area contributed by atoms with E-state index in [-0.39, 0.29) is 0 Å². The molecular formula is C18H18N2O. The van der Waals surface area contributed by atoms with Crippen molar-refractivity contribution in [2.45, 2.75) is 20.8 Å². The van der Waals surface area contributed by atoms with Crippen molar-refractivity contribution in [1.82, 2.24) is 5.16 Å². The minimum absolute atomic E-state index is 0.425. The van der Waals surface area contributed by atoms with Crippen LogP contribution in [-0.2, 0) is 0 Å². The van der Waals surface area contributed by atoms with Gasteiger partial charge in [-0.2, -0.15) is 0 Å². The van der Waals surface area contributed by atoms with Crippen molar-refractivity contribution in [2.24, 2.45) is 0 Å². The molecule has 3 rings (SSSR count). The molecule has 0 bridgehead atoms. The largest absolute Gasteiger partial charge is 0.380 e. The number of benzene rings is 2. The van der Waals surface area contributed by atoms with Crippen LogP contribution in [0.15, 0.2) is 47.0 Å². The monoisotopic (exact) mass is 278 g/mol. The van der Waals surface area contributed by atoms with Crippen LogP contribution >= 0.6 is 0 Å². The lowest BCUT2D eigenvalue weighted by Gasteiger charge is -2.07. The molecule has 1 aromatic heterocycles. The van der Waals surface area contributed by atoms with Gasteiger partial charge in [-0.05, 0) is 31.9 Å². The quantitative estimate of drug-likeness (QED) is 0.750. The van der Waals surface area contributed by atoms with Crippen LogP contribution in [0.5, 0.6) is 0 Å². The Morgan fingerprint density at radius 1 is 0.905 bits per heavy atom. The van der Waals surface area contributed by atoms with Crippen molar-refractivity contribution >= 4 is 5.82 Å². The van der Waals surface area contributed by atoms with Crippen LogP contribution in [-0.4, -0.2) is 5.16 Å². The van der Waals surface area contributed by atoms with Crippen molar-refractivity contribution in [2.75, 3.05) is 5.73 Å². The highest BCUT2D eigenvalue weighted by molar-refractivity contribution is 5.87. The molecule has 0 saturated heterocycles. The molecule has 2 aromatic carbocycles. The molecule has 1 heterocycles. The van der Waals surface area contributed by atoms with Crippen LogP contribution in [0.25, 0.3) is 22.5 Å². The van der Waals surface area contributed by atoms with Gasteiger partial charge in [0.25, 0.3) is 0 Å². The predicted octanol–water partition coefficient (Wildman–Crippen LogP) is 4.52. The minimum Gasteiger partial charge on any atom is -0.380 e. The Morgan fingerprint density at radius 3 is 2.24 bits per heavy atom. The van der Waals surface area contributed by atoms with E-state index in [1.807, 2.05) is 12.1 Å². The predicted molar refractivity (Wildman–Crippen MR) is 86.0 cm³/mol. The van der Waals surface area contributed by atoms with Crippen molar-refractivity contribution in [1.29, 1.82) is 0 Å². The zero-order valence-corrected chi connectivity index (χ0v) is 12.5. The molecule has 106 valence electrons. The number of aromatic nitrogens is 1. The fourth-order valence-corrected chi connectivity index (χ4v) is 2.55. The van der Waals surface area contributed by atoms with E-state index in [4.69, 9.17) is 10.3 Å². The van der Waals surface area contributed by atoms with Crippen LogP contribution in [0, 0.1) is 20.8 Å². The van der Waals surface area contributed by atoms with Gasteiger partial charge >= 0.3 is 0 Å². The van der Waals surface area contributed by atoms with E-state index >= 15 is 0 Å². The van der Waals surface area contributed by atoms with Gasteiger partial charge in [-0.3, -0.25) is 0 Å². The van der Waals surface area contributed by atoms with E-state index in [0.717, 1.165) is 28.0 Å². The zero-order chi connectivity index (χ0) is 15.0. The molecule has 3 heteroatoms. The Labute approximate surface area is 124 Å². The third-order valence-electron chi connectivity index (χ3n) is 3.69. The molecule has 0 fully saturated rings. The number of nitrogen functional groups attached to an aromatic ring is 1. The number of anilines is 1. The number of rotatable bonds is 2. The molecule has 0 amide bonds. The van der Waals surface area contributed by atoms with Crippen molar-refractivity contribution < 1.29 is 4.52 Å². The Balaban J connectivity index is 2.19. The van der Waals surface area contributed by atoms with Crippen LogP contribution in [0.2, 0.25) is 0 Å². The fourth-order valence-electron chi connectivity index (χ4n) is 2.55. The van der Waals surface area contributed by atoms with Crippen LogP contribution in [0.4, 0.5) is 5.82 Å². The van der Waals surface area contributed by atoms with Gasteiger partial charge in [-0.25, -0.2) is 0 Å². The number of nitrogens with zero attached hydrogens (tertiary/aromatic N) is 1. The molecular weight excluding hydrogens is 260 g/mol. The highest BCUT2D eigenvalue weighted by atomic mass is 16.5. The molecule has 2 N–H and O–H groups in total. The van der Waals surface area contributed by atoms with Gasteiger partial charge in [0.15, 0.2) is 11.6 Å². The summed E-state index contributed by atoms with van der Waals surface area (Å²) in [6.07, 6.45) is 0. The van der Waals surface area contributed by atoms with E-state index in [9.17, 15) is 0 Å². The Kier molecular flexibility index (Phi) is 3.26. The average Bonchev–Trinajstić information content (AvgIpc) is 2.82. The molecule has 0 spiro atoms. The van der Waals surface area contributed by atoms with Gasteiger partial charge in [0, 0.05) is 5.56 Å². The first-order valence-electron chi connectivity index (χ1n) is 6.96. The first-order valence-corrected chi connectivity index (χ1v) is 6.96. The summed E-state index contributed by atoms with van der Waals surface area (Å²) < 4.78 is 5.51. The van der Waals surface area contributed by atoms with Crippen molar-refractivity contribution in [3.63, 3.8) is 0 Å². The van der Waals surface area contributed by atoms with Crippen molar-refractivity contribution in [3.8, 4) is 22.5 Å². The first-order chi connectivity index (χ1) is 10.1. The molecule has 0 saturated carbocycles. The van der Waals surface area contributed by atoms with E-state index in [0.29, 0.717) is 5.82 Å². The standard InChI is InChI=1S/C18H18N2O/c1-11-4-7-14(8-5-11)16-17(21-20-18(16)19)15-9-6-12(2)10-13(15)3/h4-10H,1-3H3,(H2,19,20). The van der Waals surface area contributed by atoms with E-state index in [2.05, 4.69) is 56.3 Å². The lowest BCUT2D eigenvalue weighted by atomic mass is 9.97. The summed E-state index contributed by atoms with van der Waals surface area (Å²) in [6, 6.07) is 14.5. The van der Waals surface area contributed by atoms with Gasteiger partial charge < -0.3 is 10.3 Å². The summed E-state index contributed by atoms with van der Waals surface area (Å²) in [5.74, 6) is 1.16. The smallest absolute Gasteiger partial charge is 0.177 e. The molecule has 0 aliphatic carbocycles. The number of nitrogens with two attached hydrogens (primary N) is 1. The summed E-state index contributed by atoms with van der Waals surface area (Å²) in [7, 11) is 0. The molecule has 0 atom stereocenters. The first kappa shape index (κ1) is 13.4. The van der Waals surface area contributed by atoms with Gasteiger partial charge in [-0.15, -0.1) is 0 Å². The SMILES string of the molecule is Cc1ccc(-c2c(N)noc2-c2ccc(C)cc2C)cc1. The maximum absolute atomic E-state index is 6.02. The van der Waals surface area contributed by atoms with E-state index < -0.39 is 0 Å². The van der Waals surface area contributed by atoms with Gasteiger partial charge in [0.1, 0.15) is 0 Å². The second-order valence-corrected chi connectivity index (χ2v) is 5.46.